The molecule has 29 heavy (non-hydrogen) atoms. The second-order valence-electron chi connectivity index (χ2n) is 6.34. The summed E-state index contributed by atoms with van der Waals surface area (Å²) in [6.45, 7) is 7.13. The van der Waals surface area contributed by atoms with Gasteiger partial charge in [0.25, 0.3) is 0 Å². The van der Waals surface area contributed by atoms with Crippen LogP contribution < -0.4 is 15.4 Å². The quantitative estimate of drug-likeness (QED) is 0.112. The van der Waals surface area contributed by atoms with E-state index in [1.165, 1.54) is 6.07 Å². The molecule has 0 saturated heterocycles. The second kappa shape index (κ2) is 13.2. The molecular weight excluding hydrogens is 380 g/mol. The summed E-state index contributed by atoms with van der Waals surface area (Å²) in [6.07, 6.45) is 11.7. The Morgan fingerprint density at radius 3 is 2.52 bits per heavy atom. The molecular formula is C21H27F2N3O3. The number of amidine groups is 1. The zero-order valence-electron chi connectivity index (χ0n) is 17.0. The van der Waals surface area contributed by atoms with E-state index in [1.54, 1.807) is 39.8 Å². The van der Waals surface area contributed by atoms with Gasteiger partial charge in [0.05, 0.1) is 12.3 Å². The van der Waals surface area contributed by atoms with E-state index in [1.807, 2.05) is 0 Å². The molecule has 0 bridgehead atoms. The van der Waals surface area contributed by atoms with Gasteiger partial charge < -0.3 is 15.2 Å². The van der Waals surface area contributed by atoms with Crippen LogP contribution in [-0.4, -0.2) is 36.2 Å². The molecule has 0 atom stereocenters. The molecule has 0 saturated carbocycles. The molecule has 1 aromatic rings. The molecule has 0 aliphatic carbocycles. The third kappa shape index (κ3) is 10.8. The van der Waals surface area contributed by atoms with E-state index in [9.17, 15) is 18.7 Å². The molecule has 3 N–H and O–H groups in total. The first-order chi connectivity index (χ1) is 13.7. The van der Waals surface area contributed by atoms with Crippen LogP contribution in [0.2, 0.25) is 0 Å². The van der Waals surface area contributed by atoms with E-state index in [-0.39, 0.29) is 18.3 Å². The van der Waals surface area contributed by atoms with E-state index in [2.05, 4.69) is 28.5 Å². The number of amides is 1. The summed E-state index contributed by atoms with van der Waals surface area (Å²) in [4.78, 5) is 15.1. The Kier molecular flexibility index (Phi) is 11.8. The van der Waals surface area contributed by atoms with E-state index >= 15 is 0 Å². The van der Waals surface area contributed by atoms with Crippen LogP contribution in [-0.2, 0) is 4.79 Å². The number of halogens is 2. The van der Waals surface area contributed by atoms with Crippen molar-refractivity contribution < 1.29 is 23.4 Å². The van der Waals surface area contributed by atoms with Crippen LogP contribution in [0.3, 0.4) is 0 Å². The van der Waals surface area contributed by atoms with Gasteiger partial charge in [0.1, 0.15) is 17.4 Å². The molecule has 6 nitrogen and oxygen atoms in total. The number of ether oxygens (including phenoxy) is 1. The Bertz CT molecular complexity index is 779. The smallest absolute Gasteiger partial charge is 0.212 e. The molecule has 1 aromatic carbocycles. The van der Waals surface area contributed by atoms with Gasteiger partial charge in [-0.25, -0.2) is 8.78 Å². The number of nitrogens with one attached hydrogen (secondary N) is 2. The Hall–Kier alpha value is -3.02. The molecule has 0 aromatic heterocycles. The summed E-state index contributed by atoms with van der Waals surface area (Å²) >= 11 is 0. The number of aliphatic imine (C=N–C) groups is 1. The van der Waals surface area contributed by atoms with Gasteiger partial charge in [0.15, 0.2) is 11.6 Å². The van der Waals surface area contributed by atoms with Gasteiger partial charge >= 0.3 is 0 Å². The van der Waals surface area contributed by atoms with Gasteiger partial charge in [-0.15, -0.1) is 12.8 Å². The molecule has 0 aliphatic rings. The number of aliphatic hydroxyl groups is 1. The number of carbonyl (C=O) groups excluding carboxylic acids is 1. The Labute approximate surface area is 170 Å². The summed E-state index contributed by atoms with van der Waals surface area (Å²) in [5.74, 6) is -1.04. The molecule has 0 spiro atoms. The van der Waals surface area contributed by atoms with Crippen molar-refractivity contribution in [1.82, 2.24) is 10.6 Å². The lowest BCUT2D eigenvalue weighted by atomic mass is 10.1. The maximum absolute atomic E-state index is 13.7. The van der Waals surface area contributed by atoms with Crippen molar-refractivity contribution in [3.63, 3.8) is 0 Å². The first kappa shape index (κ1) is 26.0. The van der Waals surface area contributed by atoms with Gasteiger partial charge in [-0.3, -0.25) is 15.1 Å². The molecule has 1 rings (SSSR count). The average Bonchev–Trinajstić information content (AvgIpc) is 2.65. The van der Waals surface area contributed by atoms with Crippen LogP contribution in [0.25, 0.3) is 0 Å². The third-order valence-corrected chi connectivity index (χ3v) is 3.21. The molecule has 0 heterocycles. The molecule has 1 amide bonds. The predicted molar refractivity (Wildman–Crippen MR) is 110 cm³/mol. The number of hydrogen-bond donors (Lipinski definition) is 3. The molecule has 158 valence electrons. The first-order valence-electron chi connectivity index (χ1n) is 8.65. The van der Waals surface area contributed by atoms with Crippen molar-refractivity contribution in [3.8, 4) is 18.6 Å². The number of terminal acetylenes is 1. The minimum atomic E-state index is -0.888. The molecule has 0 unspecified atom stereocenters. The van der Waals surface area contributed by atoms with Crippen molar-refractivity contribution >= 4 is 12.2 Å². The Balaban J connectivity index is 0.00000379. The zero-order valence-corrected chi connectivity index (χ0v) is 17.0. The lowest BCUT2D eigenvalue weighted by Crippen LogP contribution is -2.35. The van der Waals surface area contributed by atoms with Gasteiger partial charge in [-0.05, 0) is 45.9 Å². The highest BCUT2D eigenvalue weighted by Crippen LogP contribution is 2.20. The lowest BCUT2D eigenvalue weighted by Gasteiger charge is -2.17. The molecule has 8 heteroatoms. The maximum atomic E-state index is 13.7. The van der Waals surface area contributed by atoms with Crippen molar-refractivity contribution in [2.75, 3.05) is 13.2 Å². The van der Waals surface area contributed by atoms with Crippen LogP contribution in [0.1, 0.15) is 27.7 Å². The van der Waals surface area contributed by atoms with E-state index in [0.29, 0.717) is 24.3 Å². The monoisotopic (exact) mass is 407 g/mol. The SMILES string of the molecule is C#C.C/C=C(/C=C(\C)Oc1ccc(F)cc1F)C(=N/CNCC(C)(C)O)\NC=O. The van der Waals surface area contributed by atoms with Gasteiger partial charge in [0, 0.05) is 18.2 Å². The van der Waals surface area contributed by atoms with E-state index < -0.39 is 17.2 Å². The summed E-state index contributed by atoms with van der Waals surface area (Å²) in [6, 6.07) is 3.02. The van der Waals surface area contributed by atoms with Crippen LogP contribution in [0, 0.1) is 24.5 Å². The van der Waals surface area contributed by atoms with Crippen LogP contribution >= 0.6 is 0 Å². The van der Waals surface area contributed by atoms with Crippen molar-refractivity contribution in [1.29, 1.82) is 0 Å². The van der Waals surface area contributed by atoms with Gasteiger partial charge in [-0.1, -0.05) is 6.08 Å². The third-order valence-electron chi connectivity index (χ3n) is 3.21. The minimum Gasteiger partial charge on any atom is -0.459 e. The van der Waals surface area contributed by atoms with Crippen molar-refractivity contribution in [3.05, 3.63) is 53.3 Å². The average molecular weight is 407 g/mol. The van der Waals surface area contributed by atoms with E-state index in [4.69, 9.17) is 4.74 Å². The highest BCUT2D eigenvalue weighted by atomic mass is 19.1. The fourth-order valence-electron chi connectivity index (χ4n) is 2.04. The Morgan fingerprint density at radius 2 is 2.00 bits per heavy atom. The highest BCUT2D eigenvalue weighted by Gasteiger charge is 2.11. The fourth-order valence-corrected chi connectivity index (χ4v) is 2.04. The Morgan fingerprint density at radius 1 is 1.34 bits per heavy atom. The van der Waals surface area contributed by atoms with Crippen LogP contribution in [0.15, 0.2) is 46.7 Å². The second-order valence-corrected chi connectivity index (χ2v) is 6.34. The predicted octanol–water partition coefficient (Wildman–Crippen LogP) is 2.91. The van der Waals surface area contributed by atoms with Gasteiger partial charge in [0.2, 0.25) is 6.41 Å². The normalized spacial score (nSPS) is 12.7. The number of benzene rings is 1. The van der Waals surface area contributed by atoms with Crippen molar-refractivity contribution in [2.45, 2.75) is 33.3 Å². The highest BCUT2D eigenvalue weighted by molar-refractivity contribution is 6.05. The summed E-state index contributed by atoms with van der Waals surface area (Å²) in [7, 11) is 0. The van der Waals surface area contributed by atoms with E-state index in [0.717, 1.165) is 12.1 Å². The molecule has 0 aliphatic heterocycles. The fraction of sp³-hybridized carbons (Fsp3) is 0.333. The number of hydrogen-bond acceptors (Lipinski definition) is 5. The van der Waals surface area contributed by atoms with Gasteiger partial charge in [-0.2, -0.15) is 0 Å². The number of nitrogens with zero attached hydrogens (tertiary/aromatic N) is 1. The van der Waals surface area contributed by atoms with Crippen molar-refractivity contribution in [2.24, 2.45) is 4.99 Å². The standard InChI is InChI=1S/C19H25F2N3O3.C2H2/c1-5-14(18(24-12-25)23-11-22-10-19(3,4)26)8-13(2)27-17-7-6-15(20)9-16(17)21;1-2/h5-9,12,22,26H,10-11H2,1-4H3,(H,23,24,25);1-2H/b13-8+,14-5-;. The molecule has 0 radical (unpaired) electrons. The first-order valence-corrected chi connectivity index (χ1v) is 8.65. The summed E-state index contributed by atoms with van der Waals surface area (Å²) in [5.41, 5.74) is -0.354. The number of carbonyl (C=O) groups is 1. The summed E-state index contributed by atoms with van der Waals surface area (Å²) in [5, 5.41) is 15.1. The topological polar surface area (TPSA) is 82.9 Å². The summed E-state index contributed by atoms with van der Waals surface area (Å²) < 4.78 is 32.0. The largest absolute Gasteiger partial charge is 0.459 e. The minimum absolute atomic E-state index is 0.116. The number of rotatable bonds is 9. The lowest BCUT2D eigenvalue weighted by molar-refractivity contribution is -0.108. The zero-order chi connectivity index (χ0) is 22.4. The molecule has 0 fully saturated rings. The van der Waals surface area contributed by atoms with Crippen LogP contribution in [0.4, 0.5) is 8.78 Å². The number of allylic oxidation sites excluding steroid dienone is 2. The van der Waals surface area contributed by atoms with Crippen LogP contribution in [0.5, 0.6) is 5.75 Å². The maximum Gasteiger partial charge on any atom is 0.212 e.